The molecule has 2 unspecified atom stereocenters. The molecule has 0 aromatic heterocycles. The standard InChI is InChI=1S/C19H33O5P/c1-6-9-10-11-12-13-18-17(14-15(4)19(20)22-7-2)16(5)24-25(18,21)23-8-3/h14,16H,6-13H2,1-5H3/b15-14+. The fourth-order valence-corrected chi connectivity index (χ4v) is 5.12. The Bertz CT molecular complexity index is 500. The van der Waals surface area contributed by atoms with E-state index in [9.17, 15) is 9.69 Å². The highest BCUT2D eigenvalue weighted by molar-refractivity contribution is 7.64. The number of allylic oxidation sites excluding steroid dienone is 1. The summed E-state index contributed by atoms with van der Waals surface area (Å²) < 4.78 is 16.2. The van der Waals surface area contributed by atoms with Crippen molar-refractivity contribution in [1.82, 2.24) is 0 Å². The van der Waals surface area contributed by atoms with Gasteiger partial charge in [-0.2, -0.15) is 4.52 Å². The molecule has 1 aliphatic rings. The molecule has 0 spiro atoms. The van der Waals surface area contributed by atoms with Crippen LogP contribution in [0.5, 0.6) is 0 Å². The van der Waals surface area contributed by atoms with Crippen molar-refractivity contribution in [1.29, 1.82) is 0 Å². The lowest BCUT2D eigenvalue weighted by atomic mass is 10.0. The van der Waals surface area contributed by atoms with Crippen molar-refractivity contribution in [3.05, 3.63) is 22.5 Å². The van der Waals surface area contributed by atoms with E-state index < -0.39 is 7.94 Å². The van der Waals surface area contributed by atoms with Gasteiger partial charge in [0.1, 0.15) is 11.4 Å². The average molecular weight is 372 g/mol. The number of carbonyl (C=O) groups excluding carboxylic acids is 1. The lowest BCUT2D eigenvalue weighted by Crippen LogP contribution is -2.15. The Balaban J connectivity index is 3.01. The smallest absolute Gasteiger partial charge is 0.333 e. The van der Waals surface area contributed by atoms with Crippen molar-refractivity contribution in [2.45, 2.75) is 79.2 Å². The minimum Gasteiger partial charge on any atom is -0.627 e. The van der Waals surface area contributed by atoms with Crippen LogP contribution in [0.3, 0.4) is 0 Å². The number of rotatable bonds is 11. The maximum absolute atomic E-state index is 13.1. The molecule has 1 rings (SSSR count). The van der Waals surface area contributed by atoms with E-state index in [1.807, 2.05) is 13.8 Å². The third-order valence-corrected chi connectivity index (χ3v) is 6.52. The Morgan fingerprint density at radius 2 is 1.88 bits per heavy atom. The Labute approximate surface area is 153 Å². The van der Waals surface area contributed by atoms with Crippen LogP contribution in [-0.4, -0.2) is 25.3 Å². The zero-order chi connectivity index (χ0) is 18.9. The van der Waals surface area contributed by atoms with E-state index in [-0.39, 0.29) is 12.1 Å². The molecule has 0 saturated heterocycles. The predicted octanol–water partition coefficient (Wildman–Crippen LogP) is 4.69. The van der Waals surface area contributed by atoms with Crippen molar-refractivity contribution in [3.63, 3.8) is 0 Å². The van der Waals surface area contributed by atoms with Gasteiger partial charge in [-0.1, -0.05) is 32.6 Å². The molecule has 5 nitrogen and oxygen atoms in total. The first-order chi connectivity index (χ1) is 11.9. The highest BCUT2D eigenvalue weighted by atomic mass is 31.2. The quantitative estimate of drug-likeness (QED) is 0.228. The van der Waals surface area contributed by atoms with Crippen LogP contribution in [0.25, 0.3) is 0 Å². The SMILES string of the molecule is CCCCCCCC1=C(/C=C(\C)C(=O)OCC)C(C)O[P+]1([O-])OCC. The fraction of sp³-hybridized carbons (Fsp3) is 0.737. The number of hydrogen-bond acceptors (Lipinski definition) is 5. The van der Waals surface area contributed by atoms with Gasteiger partial charge < -0.3 is 9.63 Å². The van der Waals surface area contributed by atoms with E-state index in [0.717, 1.165) is 23.7 Å². The average Bonchev–Trinajstić information content (AvgIpc) is 2.78. The number of hydrogen-bond donors (Lipinski definition) is 0. The summed E-state index contributed by atoms with van der Waals surface area (Å²) in [6.45, 7) is 9.98. The Kier molecular flexibility index (Phi) is 9.88. The van der Waals surface area contributed by atoms with Crippen LogP contribution in [0.2, 0.25) is 0 Å². The molecule has 0 aliphatic carbocycles. The molecular weight excluding hydrogens is 339 g/mol. The number of ether oxygens (including phenoxy) is 1. The maximum atomic E-state index is 13.1. The lowest BCUT2D eigenvalue weighted by Gasteiger charge is -2.24. The molecule has 0 aromatic carbocycles. The molecular formula is C19H33O5P. The Morgan fingerprint density at radius 1 is 1.20 bits per heavy atom. The summed E-state index contributed by atoms with van der Waals surface area (Å²) in [6, 6.07) is 0. The molecule has 25 heavy (non-hydrogen) atoms. The fourth-order valence-electron chi connectivity index (χ4n) is 2.91. The van der Waals surface area contributed by atoms with Gasteiger partial charge in [-0.05, 0) is 40.2 Å². The number of esters is 1. The van der Waals surface area contributed by atoms with Gasteiger partial charge in [-0.3, -0.25) is 0 Å². The minimum absolute atomic E-state index is 0.330. The molecule has 0 aromatic rings. The van der Waals surface area contributed by atoms with E-state index in [1.54, 1.807) is 19.9 Å². The highest BCUT2D eigenvalue weighted by Crippen LogP contribution is 2.68. The predicted molar refractivity (Wildman–Crippen MR) is 99.9 cm³/mol. The minimum atomic E-state index is -3.27. The van der Waals surface area contributed by atoms with Crippen molar-refractivity contribution < 1.29 is 23.5 Å². The van der Waals surface area contributed by atoms with Crippen LogP contribution in [-0.2, 0) is 18.6 Å². The third kappa shape index (κ3) is 6.49. The molecule has 144 valence electrons. The Morgan fingerprint density at radius 3 is 2.48 bits per heavy atom. The highest BCUT2D eigenvalue weighted by Gasteiger charge is 2.47. The molecule has 0 saturated carbocycles. The molecule has 0 amide bonds. The van der Waals surface area contributed by atoms with Crippen LogP contribution >= 0.6 is 7.94 Å². The molecule has 0 N–H and O–H groups in total. The Hall–Kier alpha value is -0.740. The van der Waals surface area contributed by atoms with E-state index in [0.29, 0.717) is 25.2 Å². The molecule has 0 radical (unpaired) electrons. The topological polar surface area (TPSA) is 67.8 Å². The summed E-state index contributed by atoms with van der Waals surface area (Å²) in [6.07, 6.45) is 7.68. The molecule has 2 atom stereocenters. The summed E-state index contributed by atoms with van der Waals surface area (Å²) in [5, 5.41) is 0.724. The number of unbranched alkanes of at least 4 members (excludes halogenated alkanes) is 4. The van der Waals surface area contributed by atoms with E-state index in [1.165, 1.54) is 19.3 Å². The van der Waals surface area contributed by atoms with Gasteiger partial charge in [-0.25, -0.2) is 9.32 Å². The van der Waals surface area contributed by atoms with Crippen LogP contribution in [0.1, 0.15) is 73.1 Å². The summed E-state index contributed by atoms with van der Waals surface area (Å²) in [5.74, 6) is -0.359. The van der Waals surface area contributed by atoms with E-state index in [2.05, 4.69) is 6.92 Å². The van der Waals surface area contributed by atoms with Crippen LogP contribution in [0.15, 0.2) is 22.5 Å². The summed E-state index contributed by atoms with van der Waals surface area (Å²) in [7, 11) is -3.27. The second kappa shape index (κ2) is 11.1. The van der Waals surface area contributed by atoms with Gasteiger partial charge in [0.2, 0.25) is 0 Å². The van der Waals surface area contributed by atoms with Gasteiger partial charge in [0.15, 0.2) is 0 Å². The molecule has 0 fully saturated rings. The van der Waals surface area contributed by atoms with Crippen LogP contribution in [0.4, 0.5) is 0 Å². The van der Waals surface area contributed by atoms with Gasteiger partial charge >= 0.3 is 5.97 Å². The molecule has 1 aliphatic heterocycles. The molecule has 6 heteroatoms. The zero-order valence-corrected chi connectivity index (χ0v) is 17.2. The maximum Gasteiger partial charge on any atom is 0.333 e. The summed E-state index contributed by atoms with van der Waals surface area (Å²) in [4.78, 5) is 25.0. The first-order valence-electron chi connectivity index (χ1n) is 9.41. The first-order valence-corrected chi connectivity index (χ1v) is 11.0. The van der Waals surface area contributed by atoms with Gasteiger partial charge in [0.25, 0.3) is 7.94 Å². The van der Waals surface area contributed by atoms with Crippen molar-refractivity contribution in [2.75, 3.05) is 13.2 Å². The largest absolute Gasteiger partial charge is 0.627 e. The second-order valence-electron chi connectivity index (χ2n) is 6.28. The van der Waals surface area contributed by atoms with Crippen molar-refractivity contribution >= 4 is 13.9 Å². The van der Waals surface area contributed by atoms with E-state index in [4.69, 9.17) is 13.8 Å². The second-order valence-corrected chi connectivity index (χ2v) is 8.28. The monoisotopic (exact) mass is 372 g/mol. The number of carbonyl (C=O) groups is 1. The van der Waals surface area contributed by atoms with Crippen LogP contribution in [0, 0.1) is 0 Å². The molecule has 0 bridgehead atoms. The van der Waals surface area contributed by atoms with Gasteiger partial charge in [0.05, 0.1) is 13.2 Å². The van der Waals surface area contributed by atoms with Crippen LogP contribution < -0.4 is 4.89 Å². The van der Waals surface area contributed by atoms with Crippen molar-refractivity contribution in [2.24, 2.45) is 0 Å². The molecule has 1 heterocycles. The van der Waals surface area contributed by atoms with Gasteiger partial charge in [-0.15, -0.1) is 0 Å². The summed E-state index contributed by atoms with van der Waals surface area (Å²) >= 11 is 0. The lowest BCUT2D eigenvalue weighted by molar-refractivity contribution is -0.215. The van der Waals surface area contributed by atoms with E-state index >= 15 is 0 Å². The van der Waals surface area contributed by atoms with Gasteiger partial charge in [0, 0.05) is 17.6 Å². The third-order valence-electron chi connectivity index (χ3n) is 4.18. The first kappa shape index (κ1) is 22.3. The van der Waals surface area contributed by atoms with Crippen molar-refractivity contribution in [3.8, 4) is 0 Å². The summed E-state index contributed by atoms with van der Waals surface area (Å²) in [5.41, 5.74) is 1.29. The zero-order valence-electron chi connectivity index (χ0n) is 16.3. The normalized spacial score (nSPS) is 24.1.